The second-order valence-electron chi connectivity index (χ2n) is 4.68. The number of hydrogen-bond donors (Lipinski definition) is 0. The van der Waals surface area contributed by atoms with Gasteiger partial charge in [-0.3, -0.25) is 0 Å². The quantitative estimate of drug-likeness (QED) is 0.531. The van der Waals surface area contributed by atoms with Crippen molar-refractivity contribution < 1.29 is 33.3 Å². The molecule has 0 saturated carbocycles. The molecular weight excluding hydrogens is 361 g/mol. The fraction of sp³-hybridized carbons (Fsp3) is 0.118. The van der Waals surface area contributed by atoms with Crippen molar-refractivity contribution in [1.82, 2.24) is 0 Å². The molecule has 20 heavy (non-hydrogen) atoms. The number of fused-ring (bicyclic) bond motifs is 1. The number of pyridine rings is 1. The first-order chi connectivity index (χ1) is 9.31. The van der Waals surface area contributed by atoms with Gasteiger partial charge in [-0.15, -0.1) is 0 Å². The fourth-order valence-electron chi connectivity index (χ4n) is 2.06. The van der Waals surface area contributed by atoms with E-state index in [9.17, 15) is 0 Å². The van der Waals surface area contributed by atoms with E-state index in [1.165, 1.54) is 11.1 Å². The standard InChI is InChI=1S/C17H16NO.HI/c1-18-10-8-14(9-11-18)6-7-15-12-16-4-2-3-5-17(16)19-13-15;/h2-12H,13H2,1H3;1H/q+1;/p-1/b7-6+;. The minimum absolute atomic E-state index is 0. The third kappa shape index (κ3) is 3.48. The Morgan fingerprint density at radius 2 is 1.80 bits per heavy atom. The molecule has 2 aromatic rings. The van der Waals surface area contributed by atoms with Crippen molar-refractivity contribution in [3.05, 3.63) is 71.6 Å². The van der Waals surface area contributed by atoms with Gasteiger partial charge in [0, 0.05) is 17.7 Å². The molecule has 3 heteroatoms. The van der Waals surface area contributed by atoms with Crippen molar-refractivity contribution in [1.29, 1.82) is 0 Å². The largest absolute Gasteiger partial charge is 1.00 e. The summed E-state index contributed by atoms with van der Waals surface area (Å²) in [6, 6.07) is 12.3. The molecular formula is C17H16INO. The van der Waals surface area contributed by atoms with Crippen LogP contribution in [0.1, 0.15) is 11.1 Å². The first-order valence-corrected chi connectivity index (χ1v) is 6.37. The van der Waals surface area contributed by atoms with Gasteiger partial charge in [0.1, 0.15) is 19.4 Å². The Morgan fingerprint density at radius 1 is 1.05 bits per heavy atom. The summed E-state index contributed by atoms with van der Waals surface area (Å²) < 4.78 is 7.74. The van der Waals surface area contributed by atoms with Gasteiger partial charge in [0.05, 0.1) is 0 Å². The molecule has 0 bridgehead atoms. The fourth-order valence-corrected chi connectivity index (χ4v) is 2.06. The number of halogens is 1. The van der Waals surface area contributed by atoms with E-state index in [1.54, 1.807) is 0 Å². The van der Waals surface area contributed by atoms with E-state index in [4.69, 9.17) is 4.74 Å². The van der Waals surface area contributed by atoms with Crippen molar-refractivity contribution in [2.75, 3.05) is 6.61 Å². The topological polar surface area (TPSA) is 13.1 Å². The predicted molar refractivity (Wildman–Crippen MR) is 76.6 cm³/mol. The average molecular weight is 377 g/mol. The van der Waals surface area contributed by atoms with Gasteiger partial charge in [-0.1, -0.05) is 30.4 Å². The summed E-state index contributed by atoms with van der Waals surface area (Å²) in [6.45, 7) is 0.633. The molecule has 0 radical (unpaired) electrons. The summed E-state index contributed by atoms with van der Waals surface area (Å²) in [4.78, 5) is 0. The Balaban J connectivity index is 0.00000147. The minimum atomic E-state index is 0. The molecule has 0 aliphatic carbocycles. The number of aryl methyl sites for hydroxylation is 1. The summed E-state index contributed by atoms with van der Waals surface area (Å²) in [5.74, 6) is 0.964. The molecule has 0 saturated heterocycles. The highest BCUT2D eigenvalue weighted by molar-refractivity contribution is 5.66. The maximum atomic E-state index is 5.72. The first kappa shape index (κ1) is 14.8. The van der Waals surface area contributed by atoms with Crippen LogP contribution in [-0.4, -0.2) is 6.61 Å². The molecule has 2 nitrogen and oxygen atoms in total. The average Bonchev–Trinajstić information content (AvgIpc) is 2.46. The van der Waals surface area contributed by atoms with E-state index in [2.05, 4.69) is 36.4 Å². The smallest absolute Gasteiger partial charge is 0.169 e. The molecule has 0 amide bonds. The zero-order chi connectivity index (χ0) is 13.1. The highest BCUT2D eigenvalue weighted by Gasteiger charge is 2.08. The molecule has 2 heterocycles. The Hall–Kier alpha value is -1.62. The van der Waals surface area contributed by atoms with Crippen LogP contribution < -0.4 is 33.3 Å². The second kappa shape index (κ2) is 6.70. The number of nitrogens with zero attached hydrogens (tertiary/aromatic N) is 1. The number of aromatic nitrogens is 1. The number of rotatable bonds is 2. The Bertz CT molecular complexity index is 644. The van der Waals surface area contributed by atoms with Gasteiger partial charge in [0.2, 0.25) is 0 Å². The van der Waals surface area contributed by atoms with Gasteiger partial charge in [-0.05, 0) is 23.3 Å². The van der Waals surface area contributed by atoms with E-state index in [0.29, 0.717) is 6.61 Å². The van der Waals surface area contributed by atoms with Gasteiger partial charge < -0.3 is 28.7 Å². The van der Waals surface area contributed by atoms with E-state index >= 15 is 0 Å². The summed E-state index contributed by atoms with van der Waals surface area (Å²) in [6.07, 6.45) is 10.5. The van der Waals surface area contributed by atoms with E-state index < -0.39 is 0 Å². The van der Waals surface area contributed by atoms with Crippen LogP contribution in [0.15, 0.2) is 60.4 Å². The van der Waals surface area contributed by atoms with Crippen LogP contribution in [0, 0.1) is 0 Å². The van der Waals surface area contributed by atoms with E-state index in [0.717, 1.165) is 11.3 Å². The van der Waals surface area contributed by atoms with Crippen molar-refractivity contribution in [3.8, 4) is 5.75 Å². The van der Waals surface area contributed by atoms with Gasteiger partial charge >= 0.3 is 0 Å². The number of ether oxygens (including phenoxy) is 1. The monoisotopic (exact) mass is 377 g/mol. The van der Waals surface area contributed by atoms with E-state index in [-0.39, 0.29) is 24.0 Å². The van der Waals surface area contributed by atoms with E-state index in [1.807, 2.05) is 42.2 Å². The lowest BCUT2D eigenvalue weighted by Gasteiger charge is -2.15. The maximum Gasteiger partial charge on any atom is 0.169 e. The minimum Gasteiger partial charge on any atom is -1.00 e. The summed E-state index contributed by atoms with van der Waals surface area (Å²) in [5, 5.41) is 0. The van der Waals surface area contributed by atoms with Crippen molar-refractivity contribution in [2.45, 2.75) is 0 Å². The van der Waals surface area contributed by atoms with Crippen molar-refractivity contribution in [2.24, 2.45) is 7.05 Å². The summed E-state index contributed by atoms with van der Waals surface area (Å²) in [7, 11) is 2.02. The predicted octanol–water partition coefficient (Wildman–Crippen LogP) is 0.00430. The van der Waals surface area contributed by atoms with Crippen LogP contribution >= 0.6 is 0 Å². The van der Waals surface area contributed by atoms with Crippen LogP contribution in [0.25, 0.3) is 12.2 Å². The highest BCUT2D eigenvalue weighted by atomic mass is 127. The molecule has 0 unspecified atom stereocenters. The van der Waals surface area contributed by atoms with Crippen LogP contribution in [0.5, 0.6) is 5.75 Å². The molecule has 1 aliphatic heterocycles. The normalized spacial score (nSPS) is 13.2. The van der Waals surface area contributed by atoms with Gasteiger partial charge in [-0.25, -0.2) is 4.57 Å². The first-order valence-electron chi connectivity index (χ1n) is 6.37. The summed E-state index contributed by atoms with van der Waals surface area (Å²) >= 11 is 0. The third-order valence-electron chi connectivity index (χ3n) is 3.15. The van der Waals surface area contributed by atoms with Crippen LogP contribution in [-0.2, 0) is 7.05 Å². The maximum absolute atomic E-state index is 5.72. The van der Waals surface area contributed by atoms with Gasteiger partial charge in [0.15, 0.2) is 12.4 Å². The molecule has 0 fully saturated rings. The SMILES string of the molecule is C[n+]1ccc(/C=C/C2=Cc3ccccc3OC2)cc1.[I-]. The van der Waals surface area contributed by atoms with Crippen LogP contribution in [0.4, 0.5) is 0 Å². The molecule has 0 atom stereocenters. The number of hydrogen-bond acceptors (Lipinski definition) is 1. The number of benzene rings is 1. The van der Waals surface area contributed by atoms with Crippen molar-refractivity contribution >= 4 is 12.2 Å². The third-order valence-corrected chi connectivity index (χ3v) is 3.15. The Labute approximate surface area is 136 Å². The molecule has 0 spiro atoms. The second-order valence-corrected chi connectivity index (χ2v) is 4.68. The zero-order valence-electron chi connectivity index (χ0n) is 11.3. The molecule has 3 rings (SSSR count). The molecule has 1 aromatic carbocycles. The van der Waals surface area contributed by atoms with Crippen LogP contribution in [0.2, 0.25) is 0 Å². The molecule has 1 aromatic heterocycles. The zero-order valence-corrected chi connectivity index (χ0v) is 13.4. The number of para-hydroxylation sites is 1. The molecule has 102 valence electrons. The van der Waals surface area contributed by atoms with Gasteiger partial charge in [-0.2, -0.15) is 0 Å². The van der Waals surface area contributed by atoms with Gasteiger partial charge in [0.25, 0.3) is 0 Å². The molecule has 0 N–H and O–H groups in total. The van der Waals surface area contributed by atoms with Crippen LogP contribution in [0.3, 0.4) is 0 Å². The Kier molecular flexibility index (Phi) is 4.95. The lowest BCUT2D eigenvalue weighted by atomic mass is 10.1. The lowest BCUT2D eigenvalue weighted by molar-refractivity contribution is -0.671. The highest BCUT2D eigenvalue weighted by Crippen LogP contribution is 2.26. The molecule has 1 aliphatic rings. The lowest BCUT2D eigenvalue weighted by Crippen LogP contribution is -3.00. The van der Waals surface area contributed by atoms with Crippen molar-refractivity contribution in [3.63, 3.8) is 0 Å². The Morgan fingerprint density at radius 3 is 2.60 bits per heavy atom. The summed E-state index contributed by atoms with van der Waals surface area (Å²) in [5.41, 5.74) is 3.53.